The Morgan fingerprint density at radius 2 is 1.55 bits per heavy atom. The van der Waals surface area contributed by atoms with Crippen LogP contribution in [0.2, 0.25) is 0 Å². The van der Waals surface area contributed by atoms with E-state index in [1.807, 2.05) is 13.8 Å². The monoisotopic (exact) mass is 158 g/mol. The highest BCUT2D eigenvalue weighted by Gasteiger charge is 2.12. The molecule has 0 spiro atoms. The van der Waals surface area contributed by atoms with Crippen LogP contribution in [0.5, 0.6) is 0 Å². The SMILES string of the molecule is C.CC.CCCC1CCCC1. The molecule has 0 saturated heterocycles. The molecule has 1 saturated carbocycles. The van der Waals surface area contributed by atoms with Crippen LogP contribution in [0.3, 0.4) is 0 Å². The molecule has 0 aliphatic heterocycles. The first-order chi connectivity index (χ1) is 4.93. The molecule has 0 heterocycles. The Kier molecular flexibility index (Phi) is 12.3. The van der Waals surface area contributed by atoms with Crippen LogP contribution in [-0.4, -0.2) is 0 Å². The van der Waals surface area contributed by atoms with Gasteiger partial charge in [0.25, 0.3) is 0 Å². The Morgan fingerprint density at radius 3 is 1.91 bits per heavy atom. The summed E-state index contributed by atoms with van der Waals surface area (Å²) in [6.45, 7) is 6.29. The molecule has 0 unspecified atom stereocenters. The van der Waals surface area contributed by atoms with E-state index < -0.39 is 0 Å². The van der Waals surface area contributed by atoms with Gasteiger partial charge in [-0.25, -0.2) is 0 Å². The number of hydrogen-bond acceptors (Lipinski definition) is 0. The summed E-state index contributed by atoms with van der Waals surface area (Å²) >= 11 is 0. The fourth-order valence-corrected chi connectivity index (χ4v) is 1.71. The van der Waals surface area contributed by atoms with Gasteiger partial charge in [-0.05, 0) is 5.92 Å². The fourth-order valence-electron chi connectivity index (χ4n) is 1.71. The lowest BCUT2D eigenvalue weighted by molar-refractivity contribution is 0.496. The third-order valence-corrected chi connectivity index (χ3v) is 2.17. The second-order valence-electron chi connectivity index (χ2n) is 2.94. The first-order valence-electron chi connectivity index (χ1n) is 4.93. The van der Waals surface area contributed by atoms with Crippen molar-refractivity contribution >= 4 is 0 Å². The van der Waals surface area contributed by atoms with Crippen molar-refractivity contribution in [3.63, 3.8) is 0 Å². The highest BCUT2D eigenvalue weighted by molar-refractivity contribution is 4.65. The quantitative estimate of drug-likeness (QED) is 0.549. The van der Waals surface area contributed by atoms with Crippen LogP contribution in [0.15, 0.2) is 0 Å². The van der Waals surface area contributed by atoms with E-state index in [4.69, 9.17) is 0 Å². The molecule has 11 heavy (non-hydrogen) atoms. The van der Waals surface area contributed by atoms with Gasteiger partial charge < -0.3 is 0 Å². The Hall–Kier alpha value is 0. The lowest BCUT2D eigenvalue weighted by atomic mass is 10.0. The molecule has 0 amide bonds. The Balaban J connectivity index is 0. The van der Waals surface area contributed by atoms with Crippen LogP contribution in [0.1, 0.15) is 66.7 Å². The van der Waals surface area contributed by atoms with E-state index in [2.05, 4.69) is 6.92 Å². The van der Waals surface area contributed by atoms with Crippen molar-refractivity contribution in [1.82, 2.24) is 0 Å². The van der Waals surface area contributed by atoms with Crippen LogP contribution >= 0.6 is 0 Å². The average Bonchev–Trinajstić information content (AvgIpc) is 2.46. The molecule has 70 valence electrons. The molecular weight excluding hydrogens is 132 g/mol. The summed E-state index contributed by atoms with van der Waals surface area (Å²) < 4.78 is 0. The molecule has 0 N–H and O–H groups in total. The van der Waals surface area contributed by atoms with E-state index in [1.165, 1.54) is 38.5 Å². The minimum absolute atomic E-state index is 0. The molecule has 0 atom stereocenters. The molecule has 0 aromatic heterocycles. The zero-order chi connectivity index (χ0) is 7.82. The van der Waals surface area contributed by atoms with Gasteiger partial charge in [0.1, 0.15) is 0 Å². The second-order valence-corrected chi connectivity index (χ2v) is 2.94. The second kappa shape index (κ2) is 10.0. The molecule has 0 radical (unpaired) electrons. The van der Waals surface area contributed by atoms with Crippen LogP contribution in [-0.2, 0) is 0 Å². The summed E-state index contributed by atoms with van der Waals surface area (Å²) in [7, 11) is 0. The van der Waals surface area contributed by atoms with Crippen LogP contribution in [0.4, 0.5) is 0 Å². The van der Waals surface area contributed by atoms with Gasteiger partial charge in [-0.15, -0.1) is 0 Å². The van der Waals surface area contributed by atoms with Gasteiger partial charge in [-0.1, -0.05) is 66.7 Å². The maximum absolute atomic E-state index is 2.29. The van der Waals surface area contributed by atoms with Crippen molar-refractivity contribution in [3.05, 3.63) is 0 Å². The molecule has 1 fully saturated rings. The first-order valence-corrected chi connectivity index (χ1v) is 4.93. The van der Waals surface area contributed by atoms with Crippen molar-refractivity contribution in [2.24, 2.45) is 5.92 Å². The molecular formula is C11H26. The zero-order valence-electron chi connectivity index (χ0n) is 7.82. The summed E-state index contributed by atoms with van der Waals surface area (Å²) in [6.07, 6.45) is 8.93. The summed E-state index contributed by atoms with van der Waals surface area (Å²) in [4.78, 5) is 0. The zero-order valence-corrected chi connectivity index (χ0v) is 7.82. The van der Waals surface area contributed by atoms with E-state index >= 15 is 0 Å². The third kappa shape index (κ3) is 6.40. The van der Waals surface area contributed by atoms with Crippen molar-refractivity contribution in [2.75, 3.05) is 0 Å². The molecule has 1 aliphatic carbocycles. The van der Waals surface area contributed by atoms with Crippen LogP contribution in [0, 0.1) is 5.92 Å². The van der Waals surface area contributed by atoms with E-state index in [1.54, 1.807) is 0 Å². The van der Waals surface area contributed by atoms with Crippen molar-refractivity contribution in [1.29, 1.82) is 0 Å². The standard InChI is InChI=1S/C8H16.C2H6.CH4/c1-2-5-8-6-3-4-7-8;1-2;/h8H,2-7H2,1H3;1-2H3;1H4. The molecule has 0 bridgehead atoms. The lowest BCUT2D eigenvalue weighted by Gasteiger charge is -2.03. The van der Waals surface area contributed by atoms with Gasteiger partial charge in [0, 0.05) is 0 Å². The molecule has 0 aromatic rings. The molecule has 0 aromatic carbocycles. The van der Waals surface area contributed by atoms with Crippen LogP contribution in [0.25, 0.3) is 0 Å². The van der Waals surface area contributed by atoms with E-state index in [0.29, 0.717) is 0 Å². The van der Waals surface area contributed by atoms with Crippen molar-refractivity contribution in [2.45, 2.75) is 66.7 Å². The summed E-state index contributed by atoms with van der Waals surface area (Å²) in [6, 6.07) is 0. The number of rotatable bonds is 2. The molecule has 0 nitrogen and oxygen atoms in total. The minimum atomic E-state index is 0. The van der Waals surface area contributed by atoms with Gasteiger partial charge in [0.05, 0.1) is 0 Å². The lowest BCUT2D eigenvalue weighted by Crippen LogP contribution is -1.89. The molecule has 0 heteroatoms. The maximum atomic E-state index is 2.29. The van der Waals surface area contributed by atoms with E-state index in [-0.39, 0.29) is 7.43 Å². The predicted molar refractivity (Wildman–Crippen MR) is 54.9 cm³/mol. The van der Waals surface area contributed by atoms with Gasteiger partial charge in [-0.3, -0.25) is 0 Å². The largest absolute Gasteiger partial charge is 0.0776 e. The highest BCUT2D eigenvalue weighted by Crippen LogP contribution is 2.27. The first kappa shape index (κ1) is 13.6. The molecule has 1 rings (SSSR count). The minimum Gasteiger partial charge on any atom is -0.0776 e. The van der Waals surface area contributed by atoms with Gasteiger partial charge in [-0.2, -0.15) is 0 Å². The fraction of sp³-hybridized carbons (Fsp3) is 1.00. The van der Waals surface area contributed by atoms with Gasteiger partial charge in [0.15, 0.2) is 0 Å². The van der Waals surface area contributed by atoms with E-state index in [9.17, 15) is 0 Å². The van der Waals surface area contributed by atoms with E-state index in [0.717, 1.165) is 5.92 Å². The van der Waals surface area contributed by atoms with Crippen molar-refractivity contribution in [3.8, 4) is 0 Å². The van der Waals surface area contributed by atoms with Crippen molar-refractivity contribution < 1.29 is 0 Å². The Bertz CT molecular complexity index is 51.1. The maximum Gasteiger partial charge on any atom is -0.0414 e. The Morgan fingerprint density at radius 1 is 1.09 bits per heavy atom. The average molecular weight is 158 g/mol. The summed E-state index contributed by atoms with van der Waals surface area (Å²) in [5.74, 6) is 1.11. The van der Waals surface area contributed by atoms with Crippen LogP contribution < -0.4 is 0 Å². The smallest absolute Gasteiger partial charge is 0.0414 e. The molecule has 1 aliphatic rings. The highest BCUT2D eigenvalue weighted by atomic mass is 14.2. The topological polar surface area (TPSA) is 0 Å². The Labute approximate surface area is 73.4 Å². The summed E-state index contributed by atoms with van der Waals surface area (Å²) in [5.41, 5.74) is 0. The third-order valence-electron chi connectivity index (χ3n) is 2.17. The number of hydrogen-bond donors (Lipinski definition) is 0. The normalized spacial score (nSPS) is 16.6. The predicted octanol–water partition coefficient (Wildman–Crippen LogP) is 4.64. The van der Waals surface area contributed by atoms with Gasteiger partial charge in [0.2, 0.25) is 0 Å². The van der Waals surface area contributed by atoms with Gasteiger partial charge >= 0.3 is 0 Å². The summed E-state index contributed by atoms with van der Waals surface area (Å²) in [5, 5.41) is 0.